The van der Waals surface area contributed by atoms with Gasteiger partial charge in [0, 0.05) is 24.7 Å². The van der Waals surface area contributed by atoms with Crippen LogP contribution in [0.3, 0.4) is 0 Å². The second-order valence-corrected chi connectivity index (χ2v) is 4.82. The molecule has 0 saturated carbocycles. The highest BCUT2D eigenvalue weighted by Crippen LogP contribution is 2.22. The molecular weight excluding hydrogens is 280 g/mol. The highest BCUT2D eigenvalue weighted by atomic mass is 35.5. The van der Waals surface area contributed by atoms with Crippen LogP contribution in [0.2, 0.25) is 5.02 Å². The van der Waals surface area contributed by atoms with Crippen molar-refractivity contribution in [1.82, 2.24) is 10.6 Å². The number of carbonyl (C=O) groups excluding carboxylic acids is 1. The molecule has 0 heterocycles. The Morgan fingerprint density at radius 3 is 2.80 bits per heavy atom. The Balaban J connectivity index is 2.74. The SMILES string of the molecule is CNC(C)CNC(=O)c1cc(Cl)ccc1OCCOC. The molecule has 112 valence electrons. The predicted octanol–water partition coefficient (Wildman–Crippen LogP) is 1.70. The van der Waals surface area contributed by atoms with E-state index in [0.717, 1.165) is 0 Å². The number of nitrogens with one attached hydrogen (secondary N) is 2. The number of benzene rings is 1. The summed E-state index contributed by atoms with van der Waals surface area (Å²) in [6.07, 6.45) is 0. The standard InChI is InChI=1S/C14H21ClN2O3/c1-10(16-2)9-17-14(18)12-8-11(15)4-5-13(12)20-7-6-19-3/h4-5,8,10,16H,6-7,9H2,1-3H3,(H,17,18). The molecular formula is C14H21ClN2O3. The maximum absolute atomic E-state index is 12.2. The molecule has 20 heavy (non-hydrogen) atoms. The van der Waals surface area contributed by atoms with E-state index in [4.69, 9.17) is 21.1 Å². The molecule has 0 radical (unpaired) electrons. The molecule has 1 atom stereocenters. The van der Waals surface area contributed by atoms with E-state index in [2.05, 4.69) is 10.6 Å². The predicted molar refractivity (Wildman–Crippen MR) is 79.7 cm³/mol. The summed E-state index contributed by atoms with van der Waals surface area (Å²) in [7, 11) is 3.44. The third-order valence-corrected chi connectivity index (χ3v) is 3.03. The number of amides is 1. The quantitative estimate of drug-likeness (QED) is 0.718. The summed E-state index contributed by atoms with van der Waals surface area (Å²) in [4.78, 5) is 12.2. The lowest BCUT2D eigenvalue weighted by Crippen LogP contribution is -2.37. The van der Waals surface area contributed by atoms with Crippen LogP contribution in [-0.4, -0.2) is 45.9 Å². The van der Waals surface area contributed by atoms with Crippen LogP contribution >= 0.6 is 11.6 Å². The molecule has 5 nitrogen and oxygen atoms in total. The fourth-order valence-electron chi connectivity index (χ4n) is 1.48. The van der Waals surface area contributed by atoms with Gasteiger partial charge in [-0.3, -0.25) is 4.79 Å². The van der Waals surface area contributed by atoms with Gasteiger partial charge in [-0.2, -0.15) is 0 Å². The number of hydrogen-bond donors (Lipinski definition) is 2. The molecule has 1 unspecified atom stereocenters. The van der Waals surface area contributed by atoms with Gasteiger partial charge in [-0.25, -0.2) is 0 Å². The Labute approximate surface area is 124 Å². The Bertz CT molecular complexity index is 440. The van der Waals surface area contributed by atoms with Crippen molar-refractivity contribution in [1.29, 1.82) is 0 Å². The summed E-state index contributed by atoms with van der Waals surface area (Å²) in [5.74, 6) is 0.295. The summed E-state index contributed by atoms with van der Waals surface area (Å²) < 4.78 is 10.4. The number of hydrogen-bond acceptors (Lipinski definition) is 4. The van der Waals surface area contributed by atoms with Crippen molar-refractivity contribution in [2.45, 2.75) is 13.0 Å². The molecule has 2 N–H and O–H groups in total. The minimum Gasteiger partial charge on any atom is -0.490 e. The van der Waals surface area contributed by atoms with E-state index in [1.165, 1.54) is 0 Å². The van der Waals surface area contributed by atoms with Crippen LogP contribution in [0.1, 0.15) is 17.3 Å². The third-order valence-electron chi connectivity index (χ3n) is 2.79. The van der Waals surface area contributed by atoms with Gasteiger partial charge in [0.05, 0.1) is 12.2 Å². The Morgan fingerprint density at radius 2 is 2.15 bits per heavy atom. The van der Waals surface area contributed by atoms with E-state index in [-0.39, 0.29) is 11.9 Å². The zero-order valence-corrected chi connectivity index (χ0v) is 12.8. The lowest BCUT2D eigenvalue weighted by molar-refractivity contribution is 0.0942. The average Bonchev–Trinajstić information content (AvgIpc) is 2.46. The first-order valence-corrected chi connectivity index (χ1v) is 6.83. The molecule has 0 bridgehead atoms. The van der Waals surface area contributed by atoms with E-state index < -0.39 is 0 Å². The van der Waals surface area contributed by atoms with Crippen LogP contribution in [0, 0.1) is 0 Å². The van der Waals surface area contributed by atoms with E-state index in [1.807, 2.05) is 14.0 Å². The van der Waals surface area contributed by atoms with Crippen LogP contribution in [0.4, 0.5) is 0 Å². The molecule has 0 aliphatic rings. The minimum absolute atomic E-state index is 0.191. The molecule has 0 saturated heterocycles. The van der Waals surface area contributed by atoms with Gasteiger partial charge in [-0.15, -0.1) is 0 Å². The highest BCUT2D eigenvalue weighted by Gasteiger charge is 2.14. The monoisotopic (exact) mass is 300 g/mol. The average molecular weight is 301 g/mol. The minimum atomic E-state index is -0.206. The zero-order valence-electron chi connectivity index (χ0n) is 12.0. The number of methoxy groups -OCH3 is 1. The Hall–Kier alpha value is -1.30. The molecule has 0 spiro atoms. The topological polar surface area (TPSA) is 59.6 Å². The van der Waals surface area contributed by atoms with Crippen LogP contribution in [-0.2, 0) is 4.74 Å². The summed E-state index contributed by atoms with van der Waals surface area (Å²) in [5.41, 5.74) is 0.428. The molecule has 1 amide bonds. The fraction of sp³-hybridized carbons (Fsp3) is 0.500. The van der Waals surface area contributed by atoms with E-state index in [9.17, 15) is 4.79 Å². The van der Waals surface area contributed by atoms with Gasteiger partial charge >= 0.3 is 0 Å². The van der Waals surface area contributed by atoms with Crippen molar-refractivity contribution in [3.63, 3.8) is 0 Å². The summed E-state index contributed by atoms with van der Waals surface area (Å²) in [6, 6.07) is 5.17. The summed E-state index contributed by atoms with van der Waals surface area (Å²) in [5, 5.41) is 6.38. The smallest absolute Gasteiger partial charge is 0.255 e. The van der Waals surface area contributed by atoms with Crippen molar-refractivity contribution >= 4 is 17.5 Å². The number of halogens is 1. The summed E-state index contributed by atoms with van der Waals surface area (Å²) >= 11 is 5.94. The van der Waals surface area contributed by atoms with E-state index in [0.29, 0.717) is 36.1 Å². The van der Waals surface area contributed by atoms with Gasteiger partial charge in [0.15, 0.2) is 0 Å². The van der Waals surface area contributed by atoms with Crippen molar-refractivity contribution in [2.75, 3.05) is 33.9 Å². The fourth-order valence-corrected chi connectivity index (χ4v) is 1.66. The van der Waals surface area contributed by atoms with Gasteiger partial charge in [0.2, 0.25) is 0 Å². The largest absolute Gasteiger partial charge is 0.490 e. The second kappa shape index (κ2) is 8.79. The molecule has 1 aromatic rings. The highest BCUT2D eigenvalue weighted by molar-refractivity contribution is 6.31. The normalized spacial score (nSPS) is 12.0. The van der Waals surface area contributed by atoms with Crippen LogP contribution < -0.4 is 15.4 Å². The summed E-state index contributed by atoms with van der Waals surface area (Å²) in [6.45, 7) is 3.35. The Morgan fingerprint density at radius 1 is 1.40 bits per heavy atom. The number of rotatable bonds is 8. The molecule has 6 heteroatoms. The molecule has 1 aromatic carbocycles. The van der Waals surface area contributed by atoms with Crippen molar-refractivity contribution < 1.29 is 14.3 Å². The van der Waals surface area contributed by atoms with Crippen molar-refractivity contribution in [2.24, 2.45) is 0 Å². The number of carbonyl (C=O) groups is 1. The second-order valence-electron chi connectivity index (χ2n) is 4.38. The lowest BCUT2D eigenvalue weighted by atomic mass is 10.2. The van der Waals surface area contributed by atoms with Crippen molar-refractivity contribution in [3.05, 3.63) is 28.8 Å². The first kappa shape index (κ1) is 16.8. The lowest BCUT2D eigenvalue weighted by Gasteiger charge is -2.14. The molecule has 0 fully saturated rings. The first-order chi connectivity index (χ1) is 9.58. The first-order valence-electron chi connectivity index (χ1n) is 6.45. The Kier molecular flexibility index (Phi) is 7.36. The molecule has 0 aromatic heterocycles. The molecule has 0 aliphatic carbocycles. The van der Waals surface area contributed by atoms with Crippen molar-refractivity contribution in [3.8, 4) is 5.75 Å². The van der Waals surface area contributed by atoms with Gasteiger partial charge < -0.3 is 20.1 Å². The van der Waals surface area contributed by atoms with E-state index >= 15 is 0 Å². The van der Waals surface area contributed by atoms with Gasteiger partial charge in [0.1, 0.15) is 12.4 Å². The number of likely N-dealkylation sites (N-methyl/N-ethyl adjacent to an activating group) is 1. The van der Waals surface area contributed by atoms with Gasteiger partial charge in [-0.1, -0.05) is 11.6 Å². The van der Waals surface area contributed by atoms with Crippen LogP contribution in [0.15, 0.2) is 18.2 Å². The van der Waals surface area contributed by atoms with E-state index in [1.54, 1.807) is 25.3 Å². The zero-order chi connectivity index (χ0) is 15.0. The third kappa shape index (κ3) is 5.36. The van der Waals surface area contributed by atoms with Gasteiger partial charge in [0.25, 0.3) is 5.91 Å². The van der Waals surface area contributed by atoms with Crippen LogP contribution in [0.5, 0.6) is 5.75 Å². The maximum atomic E-state index is 12.2. The molecule has 1 rings (SSSR count). The number of ether oxygens (including phenoxy) is 2. The van der Waals surface area contributed by atoms with Gasteiger partial charge in [-0.05, 0) is 32.2 Å². The maximum Gasteiger partial charge on any atom is 0.255 e. The molecule has 0 aliphatic heterocycles. The van der Waals surface area contributed by atoms with Crippen LogP contribution in [0.25, 0.3) is 0 Å².